The Bertz CT molecular complexity index is 1240. The molecule has 1 aliphatic carbocycles. The van der Waals surface area contributed by atoms with Crippen molar-refractivity contribution >= 4 is 17.4 Å². The van der Waals surface area contributed by atoms with E-state index in [1.165, 1.54) is 19.3 Å². The number of hydrogen-bond acceptors (Lipinski definition) is 8. The Morgan fingerprint density at radius 2 is 1.86 bits per heavy atom. The van der Waals surface area contributed by atoms with Gasteiger partial charge in [-0.25, -0.2) is 0 Å². The van der Waals surface area contributed by atoms with E-state index in [0.29, 0.717) is 24.4 Å². The molecule has 0 aliphatic heterocycles. The van der Waals surface area contributed by atoms with Gasteiger partial charge in [-0.15, -0.1) is 20.4 Å². The Morgan fingerprint density at radius 1 is 1.03 bits per heavy atom. The molecule has 1 aliphatic rings. The predicted octanol–water partition coefficient (Wildman–Crippen LogP) is 6.31. The molecule has 1 fully saturated rings. The zero-order valence-corrected chi connectivity index (χ0v) is 20.9. The lowest BCUT2D eigenvalue weighted by Gasteiger charge is -2.26. The lowest BCUT2D eigenvalue weighted by atomic mass is 9.95. The van der Waals surface area contributed by atoms with Crippen LogP contribution in [0.15, 0.2) is 64.2 Å². The van der Waals surface area contributed by atoms with Gasteiger partial charge in [0.2, 0.25) is 11.8 Å². The van der Waals surface area contributed by atoms with Crippen LogP contribution in [0, 0.1) is 0 Å². The summed E-state index contributed by atoms with van der Waals surface area (Å²) in [6.07, 6.45) is 6.04. The van der Waals surface area contributed by atoms with Crippen LogP contribution in [0.3, 0.4) is 0 Å². The number of nitrogens with zero attached hydrogens (tertiary/aromatic N) is 5. The molecule has 0 spiro atoms. The fourth-order valence-corrected chi connectivity index (χ4v) is 5.40. The predicted molar refractivity (Wildman–Crippen MR) is 136 cm³/mol. The van der Waals surface area contributed by atoms with Gasteiger partial charge in [0.15, 0.2) is 11.0 Å². The van der Waals surface area contributed by atoms with Gasteiger partial charge in [-0.05, 0) is 44.0 Å². The van der Waals surface area contributed by atoms with Gasteiger partial charge in [-0.1, -0.05) is 55.3 Å². The second-order valence-corrected chi connectivity index (χ2v) is 10.0. The van der Waals surface area contributed by atoms with Gasteiger partial charge in [0.1, 0.15) is 5.75 Å². The summed E-state index contributed by atoms with van der Waals surface area (Å²) in [6.45, 7) is 2.66. The summed E-state index contributed by atoms with van der Waals surface area (Å²) in [5.41, 5.74) is 1.91. The first-order valence-corrected chi connectivity index (χ1v) is 13.0. The van der Waals surface area contributed by atoms with E-state index in [4.69, 9.17) is 9.15 Å². The molecule has 1 atom stereocenters. The van der Waals surface area contributed by atoms with Crippen molar-refractivity contribution in [1.82, 2.24) is 25.0 Å². The van der Waals surface area contributed by atoms with Crippen molar-refractivity contribution in [2.45, 2.75) is 62.0 Å². The number of nitrogens with one attached hydrogen (secondary N) is 1. The number of thioether (sulfide) groups is 1. The highest BCUT2D eigenvalue weighted by Gasteiger charge is 2.26. The van der Waals surface area contributed by atoms with E-state index in [9.17, 15) is 0 Å². The quantitative estimate of drug-likeness (QED) is 0.273. The Kier molecular flexibility index (Phi) is 7.32. The first kappa shape index (κ1) is 23.4. The van der Waals surface area contributed by atoms with Gasteiger partial charge in [0.25, 0.3) is 0 Å². The number of rotatable bonds is 9. The van der Waals surface area contributed by atoms with E-state index in [-0.39, 0.29) is 5.25 Å². The minimum atomic E-state index is -0.0503. The maximum Gasteiger partial charge on any atom is 0.247 e. The Morgan fingerprint density at radius 3 is 2.66 bits per heavy atom. The van der Waals surface area contributed by atoms with Gasteiger partial charge in [0, 0.05) is 23.4 Å². The van der Waals surface area contributed by atoms with Crippen LogP contribution in [-0.4, -0.2) is 32.1 Å². The molecule has 1 N–H and O–H groups in total. The number of ether oxygens (including phenoxy) is 1. The largest absolute Gasteiger partial charge is 0.497 e. The van der Waals surface area contributed by atoms with E-state index >= 15 is 0 Å². The Balaban J connectivity index is 1.35. The second kappa shape index (κ2) is 10.9. The maximum absolute atomic E-state index is 6.00. The first-order valence-electron chi connectivity index (χ1n) is 12.1. The molecule has 4 aromatic rings. The molecule has 8 nitrogen and oxygen atoms in total. The summed E-state index contributed by atoms with van der Waals surface area (Å²) in [7, 11) is 1.68. The number of benzene rings is 2. The molecule has 182 valence electrons. The van der Waals surface area contributed by atoms with Crippen LogP contribution in [0.4, 0.5) is 5.69 Å². The summed E-state index contributed by atoms with van der Waals surface area (Å²) in [4.78, 5) is 0. The van der Waals surface area contributed by atoms with Crippen LogP contribution in [-0.2, 0) is 6.54 Å². The summed E-state index contributed by atoms with van der Waals surface area (Å²) >= 11 is 1.62. The third kappa shape index (κ3) is 5.51. The highest BCUT2D eigenvalue weighted by Crippen LogP contribution is 2.38. The fraction of sp³-hybridized carbons (Fsp3) is 0.385. The molecule has 0 saturated heterocycles. The molecular formula is C26H30N6O2S. The number of anilines is 1. The van der Waals surface area contributed by atoms with Crippen molar-refractivity contribution in [3.05, 3.63) is 66.3 Å². The monoisotopic (exact) mass is 490 g/mol. The smallest absolute Gasteiger partial charge is 0.247 e. The molecule has 5 rings (SSSR count). The SMILES string of the molecule is COc1cccc(NCc2nnc(S[C@H](C)c3nnc(-c4ccccc4)o3)n2C2CCCCC2)c1. The van der Waals surface area contributed by atoms with Gasteiger partial charge >= 0.3 is 0 Å². The van der Waals surface area contributed by atoms with Crippen molar-refractivity contribution in [3.8, 4) is 17.2 Å². The summed E-state index contributed by atoms with van der Waals surface area (Å²) in [5.74, 6) is 2.88. The van der Waals surface area contributed by atoms with Crippen molar-refractivity contribution in [2.75, 3.05) is 12.4 Å². The molecule has 0 bridgehead atoms. The van der Waals surface area contributed by atoms with E-state index < -0.39 is 0 Å². The van der Waals surface area contributed by atoms with Crippen LogP contribution in [0.1, 0.15) is 62.0 Å². The number of methoxy groups -OCH3 is 1. The third-order valence-corrected chi connectivity index (χ3v) is 7.33. The minimum absolute atomic E-state index is 0.0503. The molecular weight excluding hydrogens is 460 g/mol. The molecule has 0 radical (unpaired) electrons. The van der Waals surface area contributed by atoms with E-state index in [1.807, 2.05) is 54.6 Å². The van der Waals surface area contributed by atoms with E-state index in [2.05, 4.69) is 37.2 Å². The molecule has 35 heavy (non-hydrogen) atoms. The lowest BCUT2D eigenvalue weighted by Crippen LogP contribution is -2.18. The minimum Gasteiger partial charge on any atom is -0.497 e. The lowest BCUT2D eigenvalue weighted by molar-refractivity contribution is 0.329. The first-order chi connectivity index (χ1) is 17.2. The third-order valence-electron chi connectivity index (χ3n) is 6.29. The van der Waals surface area contributed by atoms with E-state index in [0.717, 1.165) is 40.8 Å². The van der Waals surface area contributed by atoms with Crippen molar-refractivity contribution < 1.29 is 9.15 Å². The van der Waals surface area contributed by atoms with Crippen LogP contribution >= 0.6 is 11.8 Å². The summed E-state index contributed by atoms with van der Waals surface area (Å²) < 4.78 is 13.7. The van der Waals surface area contributed by atoms with Crippen LogP contribution < -0.4 is 10.1 Å². The standard InChI is InChI=1S/C26H30N6O2S/c1-18(24-29-30-25(34-24)19-10-5-3-6-11-19)35-26-31-28-23(32(26)21-13-7-4-8-14-21)17-27-20-12-9-15-22(16-20)33-2/h3,5-6,9-12,15-16,18,21,27H,4,7-8,13-14,17H2,1-2H3/t18-/m1/s1. The molecule has 2 aromatic heterocycles. The van der Waals surface area contributed by atoms with Gasteiger partial charge in [0.05, 0.1) is 18.9 Å². The summed E-state index contributed by atoms with van der Waals surface area (Å²) in [5, 5.41) is 22.1. The van der Waals surface area contributed by atoms with Gasteiger partial charge < -0.3 is 19.0 Å². The topological polar surface area (TPSA) is 90.9 Å². The molecule has 9 heteroatoms. The van der Waals surface area contributed by atoms with Crippen LogP contribution in [0.5, 0.6) is 5.75 Å². The Labute approximate surface area is 209 Å². The van der Waals surface area contributed by atoms with E-state index in [1.54, 1.807) is 18.9 Å². The molecule has 2 heterocycles. The molecule has 0 amide bonds. The maximum atomic E-state index is 6.00. The normalized spacial score (nSPS) is 15.1. The fourth-order valence-electron chi connectivity index (χ4n) is 4.43. The van der Waals surface area contributed by atoms with Crippen LogP contribution in [0.25, 0.3) is 11.5 Å². The number of aromatic nitrogens is 5. The van der Waals surface area contributed by atoms with Crippen molar-refractivity contribution in [2.24, 2.45) is 0 Å². The highest BCUT2D eigenvalue weighted by molar-refractivity contribution is 7.99. The van der Waals surface area contributed by atoms with Gasteiger partial charge in [-0.2, -0.15) is 0 Å². The highest BCUT2D eigenvalue weighted by atomic mass is 32.2. The van der Waals surface area contributed by atoms with Crippen LogP contribution in [0.2, 0.25) is 0 Å². The number of hydrogen-bond donors (Lipinski definition) is 1. The van der Waals surface area contributed by atoms with Crippen molar-refractivity contribution in [3.63, 3.8) is 0 Å². The molecule has 2 aromatic carbocycles. The van der Waals surface area contributed by atoms with Gasteiger partial charge in [-0.3, -0.25) is 0 Å². The average Bonchev–Trinajstić information content (AvgIpc) is 3.56. The Hall–Kier alpha value is -3.33. The zero-order chi connectivity index (χ0) is 24.0. The summed E-state index contributed by atoms with van der Waals surface area (Å²) in [6, 6.07) is 18.2. The molecule has 1 saturated carbocycles. The van der Waals surface area contributed by atoms with Crippen molar-refractivity contribution in [1.29, 1.82) is 0 Å². The second-order valence-electron chi connectivity index (χ2n) is 8.72. The average molecular weight is 491 g/mol. The molecule has 0 unspecified atom stereocenters. The zero-order valence-electron chi connectivity index (χ0n) is 20.1.